The number of fused-ring (bicyclic) bond motifs is 1. The minimum Gasteiger partial charge on any atom is -0.438 e. The zero-order chi connectivity index (χ0) is 15.0. The molecule has 3 heterocycles. The van der Waals surface area contributed by atoms with E-state index in [9.17, 15) is 4.79 Å². The third kappa shape index (κ3) is 2.38. The highest BCUT2D eigenvalue weighted by Crippen LogP contribution is 2.27. The Morgan fingerprint density at radius 2 is 1.86 bits per heavy atom. The molecule has 0 saturated carbocycles. The van der Waals surface area contributed by atoms with Gasteiger partial charge in [-0.05, 0) is 25.1 Å². The predicted molar refractivity (Wildman–Crippen MR) is 82.6 cm³/mol. The fourth-order valence-electron chi connectivity index (χ4n) is 2.19. The normalized spacial score (nSPS) is 10.8. The van der Waals surface area contributed by atoms with Gasteiger partial charge in [-0.25, -0.2) is 0 Å². The molecule has 3 aromatic rings. The Labute approximate surface area is 121 Å². The van der Waals surface area contributed by atoms with Crippen LogP contribution in [0.25, 0.3) is 22.2 Å². The molecule has 3 rings (SSSR count). The zero-order valence-corrected chi connectivity index (χ0v) is 12.1. The molecule has 3 aromatic heterocycles. The summed E-state index contributed by atoms with van der Waals surface area (Å²) in [6.45, 7) is 1.91. The van der Waals surface area contributed by atoms with E-state index in [-0.39, 0.29) is 5.43 Å². The molecular weight excluding hydrogens is 266 g/mol. The first-order chi connectivity index (χ1) is 10.1. The number of anilines is 1. The third-order valence-corrected chi connectivity index (χ3v) is 3.24. The lowest BCUT2D eigenvalue weighted by atomic mass is 10.1. The summed E-state index contributed by atoms with van der Waals surface area (Å²) in [6.07, 6.45) is 3.35. The summed E-state index contributed by atoms with van der Waals surface area (Å²) in [5, 5.41) is 0.528. The van der Waals surface area contributed by atoms with E-state index in [0.29, 0.717) is 22.5 Å². The maximum absolute atomic E-state index is 12.2. The van der Waals surface area contributed by atoms with Gasteiger partial charge in [0.1, 0.15) is 5.69 Å². The van der Waals surface area contributed by atoms with Crippen molar-refractivity contribution in [1.82, 2.24) is 9.97 Å². The van der Waals surface area contributed by atoms with Crippen molar-refractivity contribution in [3.8, 4) is 11.3 Å². The van der Waals surface area contributed by atoms with E-state index in [1.54, 1.807) is 23.4 Å². The summed E-state index contributed by atoms with van der Waals surface area (Å²) < 4.78 is 5.87. The Morgan fingerprint density at radius 1 is 1.10 bits per heavy atom. The van der Waals surface area contributed by atoms with Crippen LogP contribution in [-0.2, 0) is 0 Å². The van der Waals surface area contributed by atoms with Crippen LogP contribution >= 0.6 is 0 Å². The SMILES string of the molecule is Cc1cc(-c2nccc3c(=O)cc(N(C)C)oc23)ccn1. The third-order valence-electron chi connectivity index (χ3n) is 3.24. The largest absolute Gasteiger partial charge is 0.438 e. The van der Waals surface area contributed by atoms with E-state index in [0.717, 1.165) is 11.3 Å². The molecule has 0 aliphatic carbocycles. The number of rotatable bonds is 2. The van der Waals surface area contributed by atoms with Gasteiger partial charge >= 0.3 is 0 Å². The van der Waals surface area contributed by atoms with Gasteiger partial charge in [-0.15, -0.1) is 0 Å². The molecule has 21 heavy (non-hydrogen) atoms. The summed E-state index contributed by atoms with van der Waals surface area (Å²) in [5.41, 5.74) is 2.84. The summed E-state index contributed by atoms with van der Waals surface area (Å²) in [7, 11) is 3.66. The average molecular weight is 281 g/mol. The molecule has 0 fully saturated rings. The van der Waals surface area contributed by atoms with Crippen LogP contribution in [0.2, 0.25) is 0 Å². The highest BCUT2D eigenvalue weighted by molar-refractivity contribution is 5.90. The molecule has 0 spiro atoms. The molecular formula is C16H15N3O2. The summed E-state index contributed by atoms with van der Waals surface area (Å²) in [4.78, 5) is 22.5. The minimum atomic E-state index is -0.0746. The van der Waals surface area contributed by atoms with Crippen molar-refractivity contribution < 1.29 is 4.42 Å². The van der Waals surface area contributed by atoms with E-state index in [4.69, 9.17) is 4.42 Å². The molecule has 5 nitrogen and oxygen atoms in total. The standard InChI is InChI=1S/C16H15N3O2/c1-10-8-11(4-6-17-10)15-16-12(5-7-18-15)13(20)9-14(21-16)19(2)3/h4-9H,1-3H3. The molecule has 0 N–H and O–H groups in total. The van der Waals surface area contributed by atoms with Crippen LogP contribution in [0.5, 0.6) is 0 Å². The zero-order valence-electron chi connectivity index (χ0n) is 12.1. The van der Waals surface area contributed by atoms with Gasteiger partial charge in [0.05, 0.1) is 5.39 Å². The van der Waals surface area contributed by atoms with E-state index >= 15 is 0 Å². The fourth-order valence-corrected chi connectivity index (χ4v) is 2.19. The molecule has 0 aromatic carbocycles. The van der Waals surface area contributed by atoms with Gasteiger partial charge in [0.2, 0.25) is 0 Å². The molecule has 0 atom stereocenters. The van der Waals surface area contributed by atoms with Gasteiger partial charge < -0.3 is 9.32 Å². The molecule has 0 saturated heterocycles. The topological polar surface area (TPSA) is 59.2 Å². The van der Waals surface area contributed by atoms with Crippen LogP contribution in [0.15, 0.2) is 45.9 Å². The van der Waals surface area contributed by atoms with Crippen molar-refractivity contribution >= 4 is 16.9 Å². The monoisotopic (exact) mass is 281 g/mol. The lowest BCUT2D eigenvalue weighted by Crippen LogP contribution is -2.12. The number of aryl methyl sites for hydroxylation is 1. The van der Waals surface area contributed by atoms with Crippen LogP contribution in [0.1, 0.15) is 5.69 Å². The van der Waals surface area contributed by atoms with Crippen molar-refractivity contribution in [3.05, 3.63) is 52.6 Å². The molecule has 0 unspecified atom stereocenters. The summed E-state index contributed by atoms with van der Waals surface area (Å²) in [5.74, 6) is 0.507. The predicted octanol–water partition coefficient (Wildman–Crippen LogP) is 2.62. The van der Waals surface area contributed by atoms with E-state index in [2.05, 4.69) is 9.97 Å². The highest BCUT2D eigenvalue weighted by Gasteiger charge is 2.13. The highest BCUT2D eigenvalue weighted by atomic mass is 16.4. The average Bonchev–Trinajstić information content (AvgIpc) is 2.46. The van der Waals surface area contributed by atoms with Gasteiger partial charge in [-0.3, -0.25) is 14.8 Å². The van der Waals surface area contributed by atoms with Gasteiger partial charge in [0, 0.05) is 43.8 Å². The number of hydrogen-bond acceptors (Lipinski definition) is 5. The van der Waals surface area contributed by atoms with E-state index in [1.165, 1.54) is 6.07 Å². The smallest absolute Gasteiger partial charge is 0.199 e. The second kappa shape index (κ2) is 5.01. The Hall–Kier alpha value is -2.69. The molecule has 5 heteroatoms. The van der Waals surface area contributed by atoms with Crippen LogP contribution in [0, 0.1) is 6.92 Å². The van der Waals surface area contributed by atoms with Crippen molar-refractivity contribution in [1.29, 1.82) is 0 Å². The molecule has 0 radical (unpaired) electrons. The first kappa shape index (κ1) is 13.3. The number of aromatic nitrogens is 2. The second-order valence-electron chi connectivity index (χ2n) is 5.07. The van der Waals surface area contributed by atoms with Crippen LogP contribution in [-0.4, -0.2) is 24.1 Å². The Balaban J connectivity index is 2.35. The van der Waals surface area contributed by atoms with Gasteiger partial charge in [0.25, 0.3) is 0 Å². The van der Waals surface area contributed by atoms with Crippen LogP contribution in [0.3, 0.4) is 0 Å². The fraction of sp³-hybridized carbons (Fsp3) is 0.188. The molecule has 106 valence electrons. The van der Waals surface area contributed by atoms with E-state index < -0.39 is 0 Å². The Kier molecular flexibility index (Phi) is 3.17. The Bertz CT molecular complexity index is 869. The van der Waals surface area contributed by atoms with Crippen molar-refractivity contribution in [2.45, 2.75) is 6.92 Å². The summed E-state index contributed by atoms with van der Waals surface area (Å²) >= 11 is 0. The van der Waals surface area contributed by atoms with E-state index in [1.807, 2.05) is 33.2 Å². The maximum Gasteiger partial charge on any atom is 0.199 e. The Morgan fingerprint density at radius 3 is 2.57 bits per heavy atom. The maximum atomic E-state index is 12.2. The molecule has 0 aliphatic rings. The molecule has 0 amide bonds. The second-order valence-corrected chi connectivity index (χ2v) is 5.07. The minimum absolute atomic E-state index is 0.0746. The van der Waals surface area contributed by atoms with Gasteiger partial charge in [-0.2, -0.15) is 0 Å². The van der Waals surface area contributed by atoms with Gasteiger partial charge in [0.15, 0.2) is 16.9 Å². The van der Waals surface area contributed by atoms with Gasteiger partial charge in [-0.1, -0.05) is 0 Å². The number of nitrogens with zero attached hydrogens (tertiary/aromatic N) is 3. The number of hydrogen-bond donors (Lipinski definition) is 0. The van der Waals surface area contributed by atoms with Crippen LogP contribution in [0.4, 0.5) is 5.88 Å². The first-order valence-electron chi connectivity index (χ1n) is 6.59. The first-order valence-corrected chi connectivity index (χ1v) is 6.59. The molecule has 0 aliphatic heterocycles. The van der Waals surface area contributed by atoms with Crippen molar-refractivity contribution in [2.75, 3.05) is 19.0 Å². The van der Waals surface area contributed by atoms with Crippen molar-refractivity contribution in [2.24, 2.45) is 0 Å². The van der Waals surface area contributed by atoms with Crippen molar-refractivity contribution in [3.63, 3.8) is 0 Å². The quantitative estimate of drug-likeness (QED) is 0.722. The lowest BCUT2D eigenvalue weighted by molar-refractivity contribution is 0.597. The van der Waals surface area contributed by atoms with Crippen LogP contribution < -0.4 is 10.3 Å². The summed E-state index contributed by atoms with van der Waals surface area (Å²) in [6, 6.07) is 6.95. The molecule has 0 bridgehead atoms. The number of pyridine rings is 2. The lowest BCUT2D eigenvalue weighted by Gasteiger charge is -2.12.